The van der Waals surface area contributed by atoms with Gasteiger partial charge in [-0.25, -0.2) is 0 Å². The van der Waals surface area contributed by atoms with E-state index in [0.717, 1.165) is 23.8 Å². The molecule has 8 nitrogen and oxygen atoms in total. The van der Waals surface area contributed by atoms with Crippen molar-refractivity contribution in [1.82, 2.24) is 24.9 Å². The van der Waals surface area contributed by atoms with Crippen LogP contribution in [0.2, 0.25) is 0 Å². The van der Waals surface area contributed by atoms with Gasteiger partial charge in [0, 0.05) is 13.5 Å². The second-order valence-corrected chi connectivity index (χ2v) is 7.75. The lowest BCUT2D eigenvalue weighted by Crippen LogP contribution is -2.01. The monoisotopic (exact) mass is 437 g/mol. The van der Waals surface area contributed by atoms with Crippen molar-refractivity contribution in [1.29, 1.82) is 0 Å². The summed E-state index contributed by atoms with van der Waals surface area (Å²) >= 11 is 1.51. The van der Waals surface area contributed by atoms with Gasteiger partial charge in [-0.2, -0.15) is 4.98 Å². The first-order chi connectivity index (χ1) is 15.2. The zero-order valence-corrected chi connectivity index (χ0v) is 18.4. The first-order valence-electron chi connectivity index (χ1n) is 9.78. The molecule has 0 unspecified atom stereocenters. The van der Waals surface area contributed by atoms with E-state index in [1.165, 1.54) is 17.3 Å². The van der Waals surface area contributed by atoms with E-state index in [4.69, 9.17) is 14.0 Å². The van der Waals surface area contributed by atoms with Crippen LogP contribution in [0.1, 0.15) is 17.3 Å². The zero-order chi connectivity index (χ0) is 21.6. The maximum absolute atomic E-state index is 5.43. The maximum atomic E-state index is 5.43. The molecule has 0 atom stereocenters. The van der Waals surface area contributed by atoms with Crippen molar-refractivity contribution in [3.05, 3.63) is 65.8 Å². The van der Waals surface area contributed by atoms with Crippen molar-refractivity contribution in [2.24, 2.45) is 7.05 Å². The van der Waals surface area contributed by atoms with E-state index in [9.17, 15) is 0 Å². The summed E-state index contributed by atoms with van der Waals surface area (Å²) in [4.78, 5) is 4.50. The minimum absolute atomic E-state index is 0.452. The van der Waals surface area contributed by atoms with Gasteiger partial charge in [-0.3, -0.25) is 0 Å². The second-order valence-electron chi connectivity index (χ2n) is 6.81. The highest BCUT2D eigenvalue weighted by molar-refractivity contribution is 7.98. The smallest absolute Gasteiger partial charge is 0.237 e. The van der Waals surface area contributed by atoms with Gasteiger partial charge in [-0.05, 0) is 30.2 Å². The van der Waals surface area contributed by atoms with Gasteiger partial charge in [0.25, 0.3) is 0 Å². The van der Waals surface area contributed by atoms with Crippen LogP contribution >= 0.6 is 11.8 Å². The minimum atomic E-state index is 0.452. The molecule has 0 spiro atoms. The Morgan fingerprint density at radius 2 is 1.84 bits per heavy atom. The van der Waals surface area contributed by atoms with Gasteiger partial charge in [0.1, 0.15) is 17.3 Å². The summed E-state index contributed by atoms with van der Waals surface area (Å²) in [5.74, 6) is 3.73. The summed E-state index contributed by atoms with van der Waals surface area (Å²) in [5, 5.41) is 13.5. The molecular weight excluding hydrogens is 414 g/mol. The van der Waals surface area contributed by atoms with Gasteiger partial charge in [0.15, 0.2) is 5.16 Å². The van der Waals surface area contributed by atoms with Gasteiger partial charge < -0.3 is 18.6 Å². The van der Waals surface area contributed by atoms with Crippen molar-refractivity contribution in [2.75, 3.05) is 14.2 Å². The van der Waals surface area contributed by atoms with E-state index in [1.54, 1.807) is 14.2 Å². The molecule has 2 aromatic carbocycles. The number of hydrogen-bond donors (Lipinski definition) is 0. The lowest BCUT2D eigenvalue weighted by Gasteiger charge is -2.07. The van der Waals surface area contributed by atoms with Crippen LogP contribution in [-0.4, -0.2) is 39.1 Å². The number of methoxy groups -OCH3 is 2. The van der Waals surface area contributed by atoms with Crippen LogP contribution in [0.25, 0.3) is 11.4 Å². The molecule has 0 saturated heterocycles. The Morgan fingerprint density at radius 3 is 2.61 bits per heavy atom. The van der Waals surface area contributed by atoms with E-state index in [-0.39, 0.29) is 0 Å². The Labute approximate surface area is 184 Å². The third kappa shape index (κ3) is 4.88. The molecule has 2 aromatic heterocycles. The molecule has 2 heterocycles. The molecular formula is C22H23N5O3S. The predicted octanol–water partition coefficient (Wildman–Crippen LogP) is 3.96. The summed E-state index contributed by atoms with van der Waals surface area (Å²) in [6.45, 7) is 0. The van der Waals surface area contributed by atoms with Crippen molar-refractivity contribution in [3.8, 4) is 22.9 Å². The number of aromatic nitrogens is 5. The molecule has 0 aliphatic carbocycles. The molecule has 0 amide bonds. The molecule has 4 rings (SSSR count). The van der Waals surface area contributed by atoms with Gasteiger partial charge in [-0.15, -0.1) is 10.2 Å². The Bertz CT molecular complexity index is 1140. The van der Waals surface area contributed by atoms with Crippen molar-refractivity contribution >= 4 is 11.8 Å². The molecule has 9 heteroatoms. The van der Waals surface area contributed by atoms with Gasteiger partial charge in [0.05, 0.1) is 25.5 Å². The van der Waals surface area contributed by atoms with Gasteiger partial charge in [0.2, 0.25) is 11.7 Å². The molecule has 4 aromatic rings. The Morgan fingerprint density at radius 1 is 1.00 bits per heavy atom. The number of rotatable bonds is 9. The average molecular weight is 438 g/mol. The van der Waals surface area contributed by atoms with E-state index in [1.807, 2.05) is 48.0 Å². The molecule has 0 radical (unpaired) electrons. The van der Waals surface area contributed by atoms with E-state index in [2.05, 4.69) is 32.5 Å². The fourth-order valence-electron chi connectivity index (χ4n) is 3.13. The van der Waals surface area contributed by atoms with Crippen LogP contribution in [-0.2, 0) is 25.6 Å². The summed E-state index contributed by atoms with van der Waals surface area (Å²) in [6, 6.07) is 15.8. The fraction of sp³-hybridized carbons (Fsp3) is 0.273. The highest BCUT2D eigenvalue weighted by Gasteiger charge is 2.16. The highest BCUT2D eigenvalue weighted by Crippen LogP contribution is 2.32. The van der Waals surface area contributed by atoms with E-state index >= 15 is 0 Å². The Balaban J connectivity index is 1.41. The van der Waals surface area contributed by atoms with Gasteiger partial charge in [-0.1, -0.05) is 47.3 Å². The number of thioether (sulfide) groups is 1. The van der Waals surface area contributed by atoms with Gasteiger partial charge >= 0.3 is 0 Å². The molecule has 160 valence electrons. The lowest BCUT2D eigenvalue weighted by atomic mass is 10.1. The zero-order valence-electron chi connectivity index (χ0n) is 17.6. The number of benzene rings is 2. The van der Waals surface area contributed by atoms with Crippen LogP contribution in [0.3, 0.4) is 0 Å². The predicted molar refractivity (Wildman–Crippen MR) is 117 cm³/mol. The lowest BCUT2D eigenvalue weighted by molar-refractivity contribution is 0.389. The number of hydrogen-bond acceptors (Lipinski definition) is 8. The van der Waals surface area contributed by atoms with E-state index < -0.39 is 0 Å². The number of nitrogens with zero attached hydrogens (tertiary/aromatic N) is 5. The van der Waals surface area contributed by atoms with Crippen LogP contribution < -0.4 is 9.47 Å². The normalized spacial score (nSPS) is 10.9. The molecule has 0 saturated carbocycles. The van der Waals surface area contributed by atoms with E-state index in [0.29, 0.717) is 34.5 Å². The summed E-state index contributed by atoms with van der Waals surface area (Å²) in [5.41, 5.74) is 2.00. The summed E-state index contributed by atoms with van der Waals surface area (Å²) in [7, 11) is 5.19. The maximum Gasteiger partial charge on any atom is 0.237 e. The molecule has 0 aliphatic rings. The standard InChI is InChI=1S/C22H23N5O3S/c1-27-19(12-9-15-7-5-4-6-8-15)24-25-22(27)31-14-20-23-21(26-30-20)17-13-16(28-2)10-11-18(17)29-3/h4-8,10-11,13H,9,12,14H2,1-3H3. The molecule has 0 aliphatic heterocycles. The summed E-state index contributed by atoms with van der Waals surface area (Å²) in [6.07, 6.45) is 1.75. The van der Waals surface area contributed by atoms with Crippen LogP contribution in [0.15, 0.2) is 58.2 Å². The van der Waals surface area contributed by atoms with Crippen molar-refractivity contribution < 1.29 is 14.0 Å². The average Bonchev–Trinajstić information content (AvgIpc) is 3.43. The van der Waals surface area contributed by atoms with Crippen LogP contribution in [0.4, 0.5) is 0 Å². The first kappa shape index (κ1) is 20.9. The van der Waals surface area contributed by atoms with Crippen molar-refractivity contribution in [2.45, 2.75) is 23.8 Å². The topological polar surface area (TPSA) is 88.1 Å². The van der Waals surface area contributed by atoms with Crippen LogP contribution in [0.5, 0.6) is 11.5 Å². The number of ether oxygens (including phenoxy) is 2. The van der Waals surface area contributed by atoms with Crippen LogP contribution in [0, 0.1) is 0 Å². The Kier molecular flexibility index (Phi) is 6.51. The quantitative estimate of drug-likeness (QED) is 0.364. The fourth-order valence-corrected chi connectivity index (χ4v) is 3.89. The molecule has 0 bridgehead atoms. The minimum Gasteiger partial charge on any atom is -0.497 e. The Hall–Kier alpha value is -3.33. The largest absolute Gasteiger partial charge is 0.497 e. The first-order valence-corrected chi connectivity index (χ1v) is 10.8. The third-order valence-electron chi connectivity index (χ3n) is 4.85. The highest BCUT2D eigenvalue weighted by atomic mass is 32.2. The molecule has 0 N–H and O–H groups in total. The second kappa shape index (κ2) is 9.65. The number of aryl methyl sites for hydroxylation is 2. The third-order valence-corrected chi connectivity index (χ3v) is 5.85. The SMILES string of the molecule is COc1ccc(OC)c(-c2noc(CSc3nnc(CCc4ccccc4)n3C)n2)c1. The molecule has 31 heavy (non-hydrogen) atoms. The van der Waals surface area contributed by atoms with Crippen molar-refractivity contribution in [3.63, 3.8) is 0 Å². The molecule has 0 fully saturated rings. The summed E-state index contributed by atoms with van der Waals surface area (Å²) < 4.78 is 18.1.